The Morgan fingerprint density at radius 2 is 1.81 bits per heavy atom. The summed E-state index contributed by atoms with van der Waals surface area (Å²) in [5, 5.41) is 9.41. The molecule has 21 heavy (non-hydrogen) atoms. The first-order valence-corrected chi connectivity index (χ1v) is 8.18. The number of piperazine rings is 1. The first-order valence-electron chi connectivity index (χ1n) is 6.74. The topological polar surface area (TPSA) is 72.9 Å². The van der Waals surface area contributed by atoms with Crippen LogP contribution in [0.3, 0.4) is 0 Å². The average Bonchev–Trinajstić information content (AvgIpc) is 2.46. The van der Waals surface area contributed by atoms with E-state index in [0.29, 0.717) is 31.7 Å². The number of benzene rings is 1. The number of likely N-dealkylation sites (N-methyl/N-ethyl adjacent to an activating group) is 1. The molecule has 2 rings (SSSR count). The fraction of sp³-hybridized carbons (Fsp3) is 0.538. The predicted molar refractivity (Wildman–Crippen MR) is 77.4 cm³/mol. The Hall–Kier alpha value is -1.06. The molecule has 1 aromatic carbocycles. The average molecular weight is 317 g/mol. The lowest BCUT2D eigenvalue weighted by Crippen LogP contribution is -2.51. The van der Waals surface area contributed by atoms with E-state index < -0.39 is 28.7 Å². The maximum Gasteiger partial charge on any atom is 0.280 e. The predicted octanol–water partition coefficient (Wildman–Crippen LogP) is -0.0591. The Morgan fingerprint density at radius 1 is 1.24 bits per heavy atom. The van der Waals surface area contributed by atoms with E-state index in [0.717, 1.165) is 0 Å². The number of aliphatic hydroxyl groups is 1. The Bertz CT molecular complexity index is 557. The number of nitrogens with zero attached hydrogens (tertiary/aromatic N) is 2. The Morgan fingerprint density at radius 3 is 2.33 bits per heavy atom. The summed E-state index contributed by atoms with van der Waals surface area (Å²) in [6, 6.07) is 4.62. The second-order valence-electron chi connectivity index (χ2n) is 5.11. The largest absolute Gasteiger partial charge is 0.394 e. The third-order valence-electron chi connectivity index (χ3n) is 3.55. The van der Waals surface area contributed by atoms with Crippen molar-refractivity contribution in [1.82, 2.24) is 13.9 Å². The van der Waals surface area contributed by atoms with Crippen molar-refractivity contribution in [1.29, 1.82) is 0 Å². The zero-order chi connectivity index (χ0) is 15.5. The quantitative estimate of drug-likeness (QED) is 0.798. The molecule has 1 aliphatic heterocycles. The smallest absolute Gasteiger partial charge is 0.280 e. The molecule has 8 heteroatoms. The fourth-order valence-electron chi connectivity index (χ4n) is 2.19. The van der Waals surface area contributed by atoms with Gasteiger partial charge in [0, 0.05) is 26.2 Å². The molecule has 0 aromatic heterocycles. The summed E-state index contributed by atoms with van der Waals surface area (Å²) < 4.78 is 41.4. The monoisotopic (exact) mass is 317 g/mol. The van der Waals surface area contributed by atoms with E-state index in [2.05, 4.69) is 9.62 Å². The van der Waals surface area contributed by atoms with E-state index in [-0.39, 0.29) is 0 Å². The number of aliphatic hydroxyl groups excluding tert-OH is 1. The minimum Gasteiger partial charge on any atom is -0.394 e. The van der Waals surface area contributed by atoms with Gasteiger partial charge in [0.25, 0.3) is 10.2 Å². The van der Waals surface area contributed by atoms with Crippen molar-refractivity contribution in [2.24, 2.45) is 0 Å². The van der Waals surface area contributed by atoms with Gasteiger partial charge in [-0.2, -0.15) is 17.4 Å². The van der Waals surface area contributed by atoms with Crippen LogP contribution in [0.15, 0.2) is 24.3 Å². The molecule has 1 heterocycles. The van der Waals surface area contributed by atoms with Crippen molar-refractivity contribution in [3.05, 3.63) is 35.6 Å². The van der Waals surface area contributed by atoms with E-state index in [1.165, 1.54) is 28.6 Å². The third-order valence-corrected chi connectivity index (χ3v) is 5.18. The molecule has 1 saturated heterocycles. The molecule has 118 valence electrons. The maximum atomic E-state index is 12.9. The minimum atomic E-state index is -3.67. The molecular formula is C13H20FN3O3S. The lowest BCUT2D eigenvalue weighted by Gasteiger charge is -2.32. The van der Waals surface area contributed by atoms with Crippen LogP contribution < -0.4 is 4.72 Å². The summed E-state index contributed by atoms with van der Waals surface area (Å²) in [5.74, 6) is -0.405. The van der Waals surface area contributed by atoms with Crippen LogP contribution in [0.1, 0.15) is 11.6 Å². The van der Waals surface area contributed by atoms with Gasteiger partial charge < -0.3 is 10.0 Å². The van der Waals surface area contributed by atoms with Crippen LogP contribution in [0.5, 0.6) is 0 Å². The zero-order valence-electron chi connectivity index (χ0n) is 11.9. The Balaban J connectivity index is 2.08. The van der Waals surface area contributed by atoms with Gasteiger partial charge in [0.05, 0.1) is 12.6 Å². The van der Waals surface area contributed by atoms with Crippen molar-refractivity contribution in [3.63, 3.8) is 0 Å². The van der Waals surface area contributed by atoms with Gasteiger partial charge in [-0.25, -0.2) is 4.39 Å². The van der Waals surface area contributed by atoms with Crippen molar-refractivity contribution in [2.75, 3.05) is 39.8 Å². The molecule has 1 fully saturated rings. The summed E-state index contributed by atoms with van der Waals surface area (Å²) in [6.07, 6.45) is 0. The molecule has 0 aliphatic carbocycles. The highest BCUT2D eigenvalue weighted by atomic mass is 32.2. The third kappa shape index (κ3) is 4.21. The highest BCUT2D eigenvalue weighted by Gasteiger charge is 2.28. The van der Waals surface area contributed by atoms with Crippen LogP contribution in [-0.4, -0.2) is 62.6 Å². The Labute approximate surface area is 124 Å². The van der Waals surface area contributed by atoms with E-state index in [9.17, 15) is 17.9 Å². The summed E-state index contributed by atoms with van der Waals surface area (Å²) in [6.45, 7) is 1.77. The molecule has 2 N–H and O–H groups in total. The second-order valence-corrected chi connectivity index (χ2v) is 6.81. The van der Waals surface area contributed by atoms with Crippen molar-refractivity contribution in [2.45, 2.75) is 6.04 Å². The molecule has 0 bridgehead atoms. The highest BCUT2D eigenvalue weighted by Crippen LogP contribution is 2.16. The summed E-state index contributed by atoms with van der Waals surface area (Å²) in [4.78, 5) is 2.05. The van der Waals surface area contributed by atoms with Crippen molar-refractivity contribution in [3.8, 4) is 0 Å². The van der Waals surface area contributed by atoms with Gasteiger partial charge in [-0.15, -0.1) is 0 Å². The molecule has 1 unspecified atom stereocenters. The highest BCUT2D eigenvalue weighted by molar-refractivity contribution is 7.87. The van der Waals surface area contributed by atoms with Gasteiger partial charge in [-0.1, -0.05) is 12.1 Å². The van der Waals surface area contributed by atoms with Crippen LogP contribution in [-0.2, 0) is 10.2 Å². The van der Waals surface area contributed by atoms with Crippen LogP contribution in [0.4, 0.5) is 4.39 Å². The van der Waals surface area contributed by atoms with Gasteiger partial charge in [0.15, 0.2) is 0 Å². The standard InChI is InChI=1S/C13H20FN3O3S/c1-16-6-8-17(9-7-16)21(19,20)15-13(10-18)11-2-4-12(14)5-3-11/h2-5,13,15,18H,6-10H2,1H3. The summed E-state index contributed by atoms with van der Waals surface area (Å²) in [7, 11) is -1.74. The first-order chi connectivity index (χ1) is 9.92. The van der Waals surface area contributed by atoms with E-state index in [4.69, 9.17) is 0 Å². The van der Waals surface area contributed by atoms with E-state index in [1.807, 2.05) is 7.05 Å². The lowest BCUT2D eigenvalue weighted by atomic mass is 10.1. The maximum absolute atomic E-state index is 12.9. The second kappa shape index (κ2) is 6.80. The van der Waals surface area contributed by atoms with Crippen LogP contribution in [0.25, 0.3) is 0 Å². The van der Waals surface area contributed by atoms with Crippen LogP contribution in [0, 0.1) is 5.82 Å². The number of nitrogens with one attached hydrogen (secondary N) is 1. The molecular weight excluding hydrogens is 297 g/mol. The van der Waals surface area contributed by atoms with Crippen LogP contribution in [0.2, 0.25) is 0 Å². The molecule has 1 atom stereocenters. The van der Waals surface area contributed by atoms with Gasteiger partial charge >= 0.3 is 0 Å². The van der Waals surface area contributed by atoms with Crippen molar-refractivity contribution >= 4 is 10.2 Å². The van der Waals surface area contributed by atoms with Gasteiger partial charge in [0.2, 0.25) is 0 Å². The van der Waals surface area contributed by atoms with E-state index >= 15 is 0 Å². The number of halogens is 1. The van der Waals surface area contributed by atoms with Gasteiger partial charge in [-0.3, -0.25) is 0 Å². The van der Waals surface area contributed by atoms with Gasteiger partial charge in [-0.05, 0) is 24.7 Å². The number of hydrogen-bond donors (Lipinski definition) is 2. The molecule has 6 nitrogen and oxygen atoms in total. The summed E-state index contributed by atoms with van der Waals surface area (Å²) >= 11 is 0. The van der Waals surface area contributed by atoms with Gasteiger partial charge in [0.1, 0.15) is 5.82 Å². The van der Waals surface area contributed by atoms with Crippen molar-refractivity contribution < 1.29 is 17.9 Å². The summed E-state index contributed by atoms with van der Waals surface area (Å²) in [5.41, 5.74) is 0.525. The normalized spacial score (nSPS) is 19.6. The zero-order valence-corrected chi connectivity index (χ0v) is 12.7. The molecule has 0 spiro atoms. The minimum absolute atomic E-state index is 0.390. The molecule has 1 aliphatic rings. The SMILES string of the molecule is CN1CCN(S(=O)(=O)NC(CO)c2ccc(F)cc2)CC1. The molecule has 0 radical (unpaired) electrons. The lowest BCUT2D eigenvalue weighted by molar-refractivity contribution is 0.216. The number of rotatable bonds is 5. The fourth-order valence-corrected chi connectivity index (χ4v) is 3.55. The Kier molecular flexibility index (Phi) is 5.28. The molecule has 1 aromatic rings. The number of hydrogen-bond acceptors (Lipinski definition) is 4. The molecule has 0 amide bonds. The van der Waals surface area contributed by atoms with E-state index in [1.54, 1.807) is 0 Å². The van der Waals surface area contributed by atoms with Crippen LogP contribution >= 0.6 is 0 Å². The first kappa shape index (κ1) is 16.3. The molecule has 0 saturated carbocycles.